The molecule has 0 aliphatic heterocycles. The van der Waals surface area contributed by atoms with Crippen molar-refractivity contribution >= 4 is 40.0 Å². The summed E-state index contributed by atoms with van der Waals surface area (Å²) in [6.07, 6.45) is 0. The molecule has 2 rings (SSSR count). The van der Waals surface area contributed by atoms with Gasteiger partial charge in [-0.3, -0.25) is 0 Å². The maximum atomic E-state index is 13.3. The van der Waals surface area contributed by atoms with E-state index < -0.39 is 6.03 Å². The Labute approximate surface area is 124 Å². The third-order valence-electron chi connectivity index (χ3n) is 2.62. The minimum atomic E-state index is -0.394. The zero-order valence-corrected chi connectivity index (χ0v) is 12.4. The molecule has 0 heterocycles. The molecule has 0 saturated carbocycles. The van der Waals surface area contributed by atoms with Crippen molar-refractivity contribution in [1.29, 1.82) is 0 Å². The molecule has 0 radical (unpaired) electrons. The van der Waals surface area contributed by atoms with E-state index >= 15 is 0 Å². The van der Waals surface area contributed by atoms with E-state index in [-0.39, 0.29) is 5.82 Å². The largest absolute Gasteiger partial charge is 0.323 e. The second kappa shape index (κ2) is 6.01. The second-order valence-corrected chi connectivity index (χ2v) is 5.24. The van der Waals surface area contributed by atoms with Gasteiger partial charge in [-0.2, -0.15) is 0 Å². The molecule has 5 heteroatoms. The van der Waals surface area contributed by atoms with Crippen LogP contribution in [0.15, 0.2) is 42.5 Å². The summed E-state index contributed by atoms with van der Waals surface area (Å²) in [4.78, 5) is 11.8. The lowest BCUT2D eigenvalue weighted by Crippen LogP contribution is -2.20. The van der Waals surface area contributed by atoms with Gasteiger partial charge in [0, 0.05) is 20.5 Å². The summed E-state index contributed by atoms with van der Waals surface area (Å²) < 4.78 is 14.4. The number of carbonyl (C=O) groups is 1. The molecule has 0 aliphatic carbocycles. The van der Waals surface area contributed by atoms with Gasteiger partial charge >= 0.3 is 6.03 Å². The highest BCUT2D eigenvalue weighted by Crippen LogP contribution is 2.18. The Morgan fingerprint density at radius 1 is 1.11 bits per heavy atom. The third-order valence-corrected chi connectivity index (χ3v) is 3.34. The summed E-state index contributed by atoms with van der Waals surface area (Å²) in [5.41, 5.74) is 1.57. The summed E-state index contributed by atoms with van der Waals surface area (Å²) in [5, 5.41) is 5.31. The van der Waals surface area contributed by atoms with Crippen LogP contribution < -0.4 is 10.6 Å². The van der Waals surface area contributed by atoms with Crippen LogP contribution in [-0.4, -0.2) is 6.03 Å². The molecule has 2 aromatic carbocycles. The normalized spacial score (nSPS) is 10.1. The molecule has 3 nitrogen and oxygen atoms in total. The van der Waals surface area contributed by atoms with Crippen molar-refractivity contribution < 1.29 is 9.18 Å². The summed E-state index contributed by atoms with van der Waals surface area (Å²) in [7, 11) is 0. The van der Waals surface area contributed by atoms with Crippen molar-refractivity contribution in [1.82, 2.24) is 0 Å². The van der Waals surface area contributed by atoms with Crippen LogP contribution in [0.1, 0.15) is 5.56 Å². The van der Waals surface area contributed by atoms with Gasteiger partial charge in [0.25, 0.3) is 0 Å². The molecule has 0 unspecified atom stereocenters. The van der Waals surface area contributed by atoms with Gasteiger partial charge < -0.3 is 10.6 Å². The average molecular weight is 370 g/mol. The molecule has 0 atom stereocenters. The Balaban J connectivity index is 2.05. The highest BCUT2D eigenvalue weighted by Gasteiger charge is 2.07. The van der Waals surface area contributed by atoms with Crippen LogP contribution in [0.25, 0.3) is 0 Å². The Bertz CT molecular complexity index is 599. The highest BCUT2D eigenvalue weighted by atomic mass is 127. The minimum Gasteiger partial charge on any atom is -0.308 e. The maximum Gasteiger partial charge on any atom is 0.323 e. The van der Waals surface area contributed by atoms with E-state index in [1.54, 1.807) is 31.2 Å². The molecule has 2 N–H and O–H groups in total. The molecule has 0 bridgehead atoms. The van der Waals surface area contributed by atoms with Crippen LogP contribution in [0.2, 0.25) is 0 Å². The number of anilines is 2. The second-order valence-electron chi connectivity index (χ2n) is 4.00. The standard InChI is InChI=1S/C14H12FIN2O/c1-9-12(15)3-2-4-13(9)18-14(19)17-11-7-5-10(16)6-8-11/h2-8H,1H3,(H2,17,18,19). The van der Waals surface area contributed by atoms with Crippen molar-refractivity contribution in [2.24, 2.45) is 0 Å². The molecule has 0 fully saturated rings. The molecule has 0 saturated heterocycles. The fourth-order valence-corrected chi connectivity index (χ4v) is 1.92. The van der Waals surface area contributed by atoms with Crippen molar-refractivity contribution in [3.63, 3.8) is 0 Å². The molecule has 0 aromatic heterocycles. The molecular formula is C14H12FIN2O. The molecule has 2 amide bonds. The SMILES string of the molecule is Cc1c(F)cccc1NC(=O)Nc1ccc(I)cc1. The molecule has 0 aliphatic rings. The smallest absolute Gasteiger partial charge is 0.308 e. The number of hydrogen-bond acceptors (Lipinski definition) is 1. The lowest BCUT2D eigenvalue weighted by atomic mass is 10.2. The van der Waals surface area contributed by atoms with Crippen LogP contribution >= 0.6 is 22.6 Å². The number of carbonyl (C=O) groups excluding carboxylic acids is 1. The summed E-state index contributed by atoms with van der Waals surface area (Å²) >= 11 is 2.19. The van der Waals surface area contributed by atoms with Crippen LogP contribution in [0.5, 0.6) is 0 Å². The van der Waals surface area contributed by atoms with Crippen LogP contribution in [0.4, 0.5) is 20.6 Å². The van der Waals surface area contributed by atoms with Gasteiger partial charge in [-0.05, 0) is 65.9 Å². The van der Waals surface area contributed by atoms with Crippen LogP contribution in [0.3, 0.4) is 0 Å². The first-order chi connectivity index (χ1) is 9.06. The van der Waals surface area contributed by atoms with Crippen LogP contribution in [0, 0.1) is 16.3 Å². The predicted molar refractivity (Wildman–Crippen MR) is 82.9 cm³/mol. The van der Waals surface area contributed by atoms with Gasteiger partial charge in [-0.1, -0.05) is 6.07 Å². The topological polar surface area (TPSA) is 41.1 Å². The number of benzene rings is 2. The van der Waals surface area contributed by atoms with E-state index in [1.807, 2.05) is 12.1 Å². The molecular weight excluding hydrogens is 358 g/mol. The first kappa shape index (κ1) is 13.8. The number of nitrogens with one attached hydrogen (secondary N) is 2. The van der Waals surface area contributed by atoms with Gasteiger partial charge in [0.2, 0.25) is 0 Å². The molecule has 98 valence electrons. The van der Waals surface area contributed by atoms with Crippen molar-refractivity contribution in [3.8, 4) is 0 Å². The lowest BCUT2D eigenvalue weighted by Gasteiger charge is -2.10. The fraction of sp³-hybridized carbons (Fsp3) is 0.0714. The molecule has 2 aromatic rings. The average Bonchev–Trinajstić information content (AvgIpc) is 2.38. The quantitative estimate of drug-likeness (QED) is 0.757. The summed E-state index contributed by atoms with van der Waals surface area (Å²) in [6.45, 7) is 1.62. The zero-order chi connectivity index (χ0) is 13.8. The summed E-state index contributed by atoms with van der Waals surface area (Å²) in [6, 6.07) is 11.6. The summed E-state index contributed by atoms with van der Waals surface area (Å²) in [5.74, 6) is -0.341. The fourth-order valence-electron chi connectivity index (χ4n) is 1.56. The number of urea groups is 1. The number of amides is 2. The third kappa shape index (κ3) is 3.66. The lowest BCUT2D eigenvalue weighted by molar-refractivity contribution is 0.262. The van der Waals surface area contributed by atoms with Crippen LogP contribution in [-0.2, 0) is 0 Å². The van der Waals surface area contributed by atoms with Crippen molar-refractivity contribution in [2.75, 3.05) is 10.6 Å². The number of halogens is 2. The number of hydrogen-bond donors (Lipinski definition) is 2. The van der Waals surface area contributed by atoms with Gasteiger partial charge in [-0.25, -0.2) is 9.18 Å². The monoisotopic (exact) mass is 370 g/mol. The van der Waals surface area contributed by atoms with E-state index in [2.05, 4.69) is 33.2 Å². The van der Waals surface area contributed by atoms with E-state index in [4.69, 9.17) is 0 Å². The maximum absolute atomic E-state index is 13.3. The first-order valence-corrected chi connectivity index (χ1v) is 6.73. The van der Waals surface area contributed by atoms with Gasteiger partial charge in [0.15, 0.2) is 0 Å². The zero-order valence-electron chi connectivity index (χ0n) is 10.2. The Hall–Kier alpha value is -1.63. The Morgan fingerprint density at radius 3 is 2.47 bits per heavy atom. The van der Waals surface area contributed by atoms with Gasteiger partial charge in [-0.15, -0.1) is 0 Å². The molecule has 19 heavy (non-hydrogen) atoms. The van der Waals surface area contributed by atoms with Gasteiger partial charge in [0.1, 0.15) is 5.82 Å². The number of rotatable bonds is 2. The highest BCUT2D eigenvalue weighted by molar-refractivity contribution is 14.1. The predicted octanol–water partition coefficient (Wildman–Crippen LogP) is 4.38. The molecule has 0 spiro atoms. The van der Waals surface area contributed by atoms with E-state index in [0.29, 0.717) is 16.9 Å². The van der Waals surface area contributed by atoms with E-state index in [9.17, 15) is 9.18 Å². The van der Waals surface area contributed by atoms with Crippen molar-refractivity contribution in [2.45, 2.75) is 6.92 Å². The van der Waals surface area contributed by atoms with Gasteiger partial charge in [0.05, 0.1) is 0 Å². The van der Waals surface area contributed by atoms with E-state index in [1.165, 1.54) is 6.07 Å². The van der Waals surface area contributed by atoms with E-state index in [0.717, 1.165) is 3.57 Å². The minimum absolute atomic E-state index is 0.341. The Kier molecular flexibility index (Phi) is 4.36. The Morgan fingerprint density at radius 2 is 1.79 bits per heavy atom. The first-order valence-electron chi connectivity index (χ1n) is 5.65. The van der Waals surface area contributed by atoms with Crippen molar-refractivity contribution in [3.05, 3.63) is 57.4 Å².